The van der Waals surface area contributed by atoms with Crippen LogP contribution in [0, 0.1) is 13.8 Å². The SMILES string of the molecule is Cc1cc(O[C@H]2CCN(C(=O)C3c4ccccc4Oc4ccccc43)C2)nc(C)n1. The molecule has 6 nitrogen and oxygen atoms in total. The number of carbonyl (C=O) groups excluding carboxylic acids is 1. The van der Waals surface area contributed by atoms with Crippen LogP contribution in [0.4, 0.5) is 0 Å². The van der Waals surface area contributed by atoms with E-state index in [4.69, 9.17) is 9.47 Å². The number of fused-ring (bicyclic) bond motifs is 2. The molecular weight excluding hydrogens is 378 g/mol. The van der Waals surface area contributed by atoms with E-state index in [1.807, 2.05) is 73.3 Å². The maximum absolute atomic E-state index is 13.6. The molecule has 0 radical (unpaired) electrons. The van der Waals surface area contributed by atoms with Gasteiger partial charge >= 0.3 is 0 Å². The Balaban J connectivity index is 1.38. The number of rotatable bonds is 3. The van der Waals surface area contributed by atoms with Crippen molar-refractivity contribution in [1.29, 1.82) is 0 Å². The highest BCUT2D eigenvalue weighted by atomic mass is 16.5. The molecule has 3 heterocycles. The Kier molecular flexibility index (Phi) is 4.62. The van der Waals surface area contributed by atoms with E-state index in [2.05, 4.69) is 9.97 Å². The summed E-state index contributed by atoms with van der Waals surface area (Å²) in [5, 5.41) is 0. The molecule has 1 amide bonds. The number of aromatic nitrogens is 2. The first kappa shape index (κ1) is 18.6. The molecular formula is C24H23N3O3. The lowest BCUT2D eigenvalue weighted by Gasteiger charge is -2.30. The molecule has 2 aromatic carbocycles. The van der Waals surface area contributed by atoms with E-state index in [1.165, 1.54) is 0 Å². The summed E-state index contributed by atoms with van der Waals surface area (Å²) in [5.74, 6) is 2.46. The zero-order valence-corrected chi connectivity index (χ0v) is 17.0. The number of para-hydroxylation sites is 2. The molecule has 1 atom stereocenters. The molecule has 0 bridgehead atoms. The fraction of sp³-hybridized carbons (Fsp3) is 0.292. The van der Waals surface area contributed by atoms with Gasteiger partial charge in [-0.2, -0.15) is 4.98 Å². The minimum atomic E-state index is -0.367. The fourth-order valence-corrected chi connectivity index (χ4v) is 4.30. The zero-order chi connectivity index (χ0) is 20.7. The number of carbonyl (C=O) groups is 1. The van der Waals surface area contributed by atoms with Crippen LogP contribution in [0.3, 0.4) is 0 Å². The smallest absolute Gasteiger partial charge is 0.234 e. The molecule has 6 heteroatoms. The molecule has 0 N–H and O–H groups in total. The first-order valence-electron chi connectivity index (χ1n) is 10.2. The molecule has 152 valence electrons. The van der Waals surface area contributed by atoms with Gasteiger partial charge in [-0.3, -0.25) is 4.79 Å². The third-order valence-electron chi connectivity index (χ3n) is 5.61. The van der Waals surface area contributed by atoms with E-state index in [-0.39, 0.29) is 17.9 Å². The van der Waals surface area contributed by atoms with Crippen LogP contribution in [0.25, 0.3) is 0 Å². The topological polar surface area (TPSA) is 64.5 Å². The van der Waals surface area contributed by atoms with Gasteiger partial charge in [-0.1, -0.05) is 36.4 Å². The van der Waals surface area contributed by atoms with Gasteiger partial charge in [0.2, 0.25) is 11.8 Å². The first-order chi connectivity index (χ1) is 14.6. The monoisotopic (exact) mass is 401 g/mol. The molecule has 0 aliphatic carbocycles. The van der Waals surface area contributed by atoms with Gasteiger partial charge in [0.05, 0.1) is 12.5 Å². The summed E-state index contributed by atoms with van der Waals surface area (Å²) in [5.41, 5.74) is 2.69. The number of hydrogen-bond donors (Lipinski definition) is 0. The lowest BCUT2D eigenvalue weighted by molar-refractivity contribution is -0.131. The Labute approximate surface area is 175 Å². The predicted octanol–water partition coefficient (Wildman–Crippen LogP) is 4.01. The van der Waals surface area contributed by atoms with Crippen molar-refractivity contribution in [3.63, 3.8) is 0 Å². The normalized spacial score (nSPS) is 17.8. The first-order valence-corrected chi connectivity index (χ1v) is 10.2. The second-order valence-corrected chi connectivity index (χ2v) is 7.82. The Morgan fingerprint density at radius 3 is 2.37 bits per heavy atom. The van der Waals surface area contributed by atoms with Crippen molar-refractivity contribution in [2.24, 2.45) is 0 Å². The van der Waals surface area contributed by atoms with E-state index in [0.29, 0.717) is 24.8 Å². The van der Waals surface area contributed by atoms with Crippen molar-refractivity contribution in [1.82, 2.24) is 14.9 Å². The predicted molar refractivity (Wildman–Crippen MR) is 112 cm³/mol. The van der Waals surface area contributed by atoms with Crippen LogP contribution in [0.15, 0.2) is 54.6 Å². The third-order valence-corrected chi connectivity index (χ3v) is 5.61. The van der Waals surface area contributed by atoms with Crippen LogP contribution >= 0.6 is 0 Å². The number of likely N-dealkylation sites (tertiary alicyclic amines) is 1. The number of hydrogen-bond acceptors (Lipinski definition) is 5. The largest absolute Gasteiger partial charge is 0.472 e. The Morgan fingerprint density at radius 1 is 1.03 bits per heavy atom. The molecule has 1 aromatic heterocycles. The average molecular weight is 401 g/mol. The van der Waals surface area contributed by atoms with E-state index in [1.54, 1.807) is 0 Å². The molecule has 0 unspecified atom stereocenters. The van der Waals surface area contributed by atoms with Crippen molar-refractivity contribution in [3.05, 3.63) is 77.2 Å². The lowest BCUT2D eigenvalue weighted by atomic mass is 9.87. The van der Waals surface area contributed by atoms with Crippen LogP contribution in [0.5, 0.6) is 17.4 Å². The zero-order valence-electron chi connectivity index (χ0n) is 17.0. The summed E-state index contributed by atoms with van der Waals surface area (Å²) in [6.07, 6.45) is 0.702. The fourth-order valence-electron chi connectivity index (χ4n) is 4.30. The summed E-state index contributed by atoms with van der Waals surface area (Å²) < 4.78 is 12.1. The lowest BCUT2D eigenvalue weighted by Crippen LogP contribution is -2.36. The van der Waals surface area contributed by atoms with Gasteiger partial charge in [-0.05, 0) is 26.0 Å². The van der Waals surface area contributed by atoms with Crippen molar-refractivity contribution in [2.75, 3.05) is 13.1 Å². The van der Waals surface area contributed by atoms with Gasteiger partial charge < -0.3 is 14.4 Å². The number of ether oxygens (including phenoxy) is 2. The quantitative estimate of drug-likeness (QED) is 0.663. The summed E-state index contributed by atoms with van der Waals surface area (Å²) in [4.78, 5) is 24.2. The molecule has 2 aliphatic heterocycles. The van der Waals surface area contributed by atoms with Gasteiger partial charge in [-0.15, -0.1) is 0 Å². The van der Waals surface area contributed by atoms with Crippen molar-refractivity contribution >= 4 is 5.91 Å². The van der Waals surface area contributed by atoms with Crippen molar-refractivity contribution in [2.45, 2.75) is 32.3 Å². The molecule has 0 spiro atoms. The Bertz CT molecular complexity index is 1050. The number of amides is 1. The van der Waals surface area contributed by atoms with Crippen LogP contribution in [-0.4, -0.2) is 40.0 Å². The summed E-state index contributed by atoms with van der Waals surface area (Å²) in [7, 11) is 0. The maximum atomic E-state index is 13.6. The second-order valence-electron chi connectivity index (χ2n) is 7.82. The summed E-state index contributed by atoms with van der Waals surface area (Å²) in [6.45, 7) is 4.98. The van der Waals surface area contributed by atoms with E-state index >= 15 is 0 Å². The van der Waals surface area contributed by atoms with Crippen molar-refractivity contribution in [3.8, 4) is 17.4 Å². The van der Waals surface area contributed by atoms with Crippen LogP contribution < -0.4 is 9.47 Å². The second kappa shape index (κ2) is 7.44. The number of aryl methyl sites for hydroxylation is 2. The Morgan fingerprint density at radius 2 is 1.70 bits per heavy atom. The number of benzene rings is 2. The highest BCUT2D eigenvalue weighted by molar-refractivity contribution is 5.90. The molecule has 30 heavy (non-hydrogen) atoms. The van der Waals surface area contributed by atoms with Gasteiger partial charge in [0, 0.05) is 35.9 Å². The van der Waals surface area contributed by atoms with Crippen molar-refractivity contribution < 1.29 is 14.3 Å². The van der Waals surface area contributed by atoms with Crippen LogP contribution in [0.1, 0.15) is 35.0 Å². The highest BCUT2D eigenvalue weighted by Gasteiger charge is 2.38. The number of nitrogens with zero attached hydrogens (tertiary/aromatic N) is 3. The van der Waals surface area contributed by atoms with Gasteiger partial charge in [0.15, 0.2) is 0 Å². The van der Waals surface area contributed by atoms with E-state index in [9.17, 15) is 4.79 Å². The maximum Gasteiger partial charge on any atom is 0.234 e. The van der Waals surface area contributed by atoms with Gasteiger partial charge in [0.25, 0.3) is 0 Å². The van der Waals surface area contributed by atoms with Crippen LogP contribution in [0.2, 0.25) is 0 Å². The standard InChI is InChI=1S/C24H23N3O3/c1-15-13-22(26-16(2)25-15)29-17-11-12-27(14-17)24(28)23-18-7-3-5-9-20(18)30-21-10-6-4-8-19(21)23/h3-10,13,17,23H,11-12,14H2,1-2H3/t17-/m0/s1. The summed E-state index contributed by atoms with van der Waals surface area (Å²) >= 11 is 0. The van der Waals surface area contributed by atoms with Crippen LogP contribution in [-0.2, 0) is 4.79 Å². The van der Waals surface area contributed by atoms with E-state index < -0.39 is 0 Å². The summed E-state index contributed by atoms with van der Waals surface area (Å²) in [6, 6.07) is 17.4. The highest BCUT2D eigenvalue weighted by Crippen LogP contribution is 2.44. The Hall–Kier alpha value is -3.41. The molecule has 0 saturated carbocycles. The minimum Gasteiger partial charge on any atom is -0.472 e. The van der Waals surface area contributed by atoms with Gasteiger partial charge in [-0.25, -0.2) is 4.98 Å². The van der Waals surface area contributed by atoms with E-state index in [0.717, 1.165) is 34.7 Å². The third kappa shape index (κ3) is 3.38. The molecule has 1 saturated heterocycles. The molecule has 1 fully saturated rings. The van der Waals surface area contributed by atoms with Gasteiger partial charge in [0.1, 0.15) is 23.4 Å². The average Bonchev–Trinajstić information content (AvgIpc) is 3.19. The minimum absolute atomic E-state index is 0.0759. The molecule has 3 aromatic rings. The molecule has 5 rings (SSSR count). The molecule has 2 aliphatic rings.